The van der Waals surface area contributed by atoms with Crippen molar-refractivity contribution >= 4 is 11.7 Å². The Morgan fingerprint density at radius 1 is 1.57 bits per heavy atom. The van der Waals surface area contributed by atoms with E-state index in [0.717, 1.165) is 0 Å². The van der Waals surface area contributed by atoms with Gasteiger partial charge in [-0.2, -0.15) is 0 Å². The number of anilines is 1. The first-order valence-corrected chi connectivity index (χ1v) is 3.85. The van der Waals surface area contributed by atoms with Crippen LogP contribution < -0.4 is 5.73 Å². The predicted molar refractivity (Wildman–Crippen MR) is 49.9 cm³/mol. The third kappa shape index (κ3) is 2.79. The van der Waals surface area contributed by atoms with Crippen molar-refractivity contribution in [3.63, 3.8) is 0 Å². The van der Waals surface area contributed by atoms with Gasteiger partial charge in [0.05, 0.1) is 5.69 Å². The molecule has 0 saturated carbocycles. The SMILES string of the molecule is Nc1ccc(C#CCC(=O)O)cc1F. The standard InChI is InChI=1S/C10H8FNO2/c11-8-6-7(4-5-9(8)12)2-1-3-10(13)14/h4-6H,3,12H2,(H,13,14). The first-order valence-electron chi connectivity index (χ1n) is 3.85. The molecule has 0 aliphatic heterocycles. The summed E-state index contributed by atoms with van der Waals surface area (Å²) < 4.78 is 12.9. The first-order chi connectivity index (χ1) is 6.59. The van der Waals surface area contributed by atoms with E-state index in [9.17, 15) is 9.18 Å². The molecule has 14 heavy (non-hydrogen) atoms. The van der Waals surface area contributed by atoms with Crippen LogP contribution in [-0.4, -0.2) is 11.1 Å². The minimum atomic E-state index is -1.01. The molecule has 4 heteroatoms. The van der Waals surface area contributed by atoms with E-state index in [-0.39, 0.29) is 12.1 Å². The molecule has 0 spiro atoms. The smallest absolute Gasteiger partial charge is 0.315 e. The highest BCUT2D eigenvalue weighted by molar-refractivity contribution is 5.70. The molecule has 72 valence electrons. The lowest BCUT2D eigenvalue weighted by Gasteiger charge is -1.95. The van der Waals surface area contributed by atoms with E-state index >= 15 is 0 Å². The lowest BCUT2D eigenvalue weighted by atomic mass is 10.2. The largest absolute Gasteiger partial charge is 0.481 e. The summed E-state index contributed by atoms with van der Waals surface area (Å²) in [5.41, 5.74) is 5.71. The Labute approximate surface area is 80.4 Å². The highest BCUT2D eigenvalue weighted by Gasteiger charge is 1.97. The van der Waals surface area contributed by atoms with Crippen LogP contribution in [0.5, 0.6) is 0 Å². The average Bonchev–Trinajstić information content (AvgIpc) is 2.10. The van der Waals surface area contributed by atoms with Crippen molar-refractivity contribution in [1.29, 1.82) is 0 Å². The molecule has 0 aromatic heterocycles. The van der Waals surface area contributed by atoms with Crippen molar-refractivity contribution in [2.75, 3.05) is 5.73 Å². The van der Waals surface area contributed by atoms with Crippen LogP contribution in [0.3, 0.4) is 0 Å². The van der Waals surface area contributed by atoms with E-state index in [0.29, 0.717) is 5.56 Å². The average molecular weight is 193 g/mol. The summed E-state index contributed by atoms with van der Waals surface area (Å²) in [6.07, 6.45) is -0.258. The van der Waals surface area contributed by atoms with Crippen molar-refractivity contribution < 1.29 is 14.3 Å². The van der Waals surface area contributed by atoms with Crippen LogP contribution in [0.4, 0.5) is 10.1 Å². The van der Waals surface area contributed by atoms with Crippen LogP contribution in [0.2, 0.25) is 0 Å². The van der Waals surface area contributed by atoms with Gasteiger partial charge < -0.3 is 10.8 Å². The van der Waals surface area contributed by atoms with E-state index in [1.54, 1.807) is 0 Å². The molecule has 1 aromatic rings. The van der Waals surface area contributed by atoms with Crippen molar-refractivity contribution in [1.82, 2.24) is 0 Å². The van der Waals surface area contributed by atoms with Crippen molar-refractivity contribution in [3.05, 3.63) is 29.6 Å². The predicted octanol–water partition coefficient (Wildman–Crippen LogP) is 1.23. The maximum absolute atomic E-state index is 12.9. The molecule has 0 saturated heterocycles. The van der Waals surface area contributed by atoms with Crippen LogP contribution in [-0.2, 0) is 4.79 Å². The number of benzene rings is 1. The number of nitrogens with two attached hydrogens (primary N) is 1. The van der Waals surface area contributed by atoms with Gasteiger partial charge in [0.15, 0.2) is 0 Å². The van der Waals surface area contributed by atoms with Gasteiger partial charge in [-0.15, -0.1) is 0 Å². The number of carbonyl (C=O) groups is 1. The van der Waals surface area contributed by atoms with Crippen molar-refractivity contribution in [2.45, 2.75) is 6.42 Å². The second kappa shape index (κ2) is 4.28. The van der Waals surface area contributed by atoms with E-state index in [2.05, 4.69) is 11.8 Å². The number of hydrogen-bond donors (Lipinski definition) is 2. The molecule has 0 amide bonds. The summed E-state index contributed by atoms with van der Waals surface area (Å²) >= 11 is 0. The second-order valence-electron chi connectivity index (χ2n) is 2.61. The summed E-state index contributed by atoms with van der Waals surface area (Å²) in [5, 5.41) is 8.29. The third-order valence-corrected chi connectivity index (χ3v) is 1.47. The Bertz CT molecular complexity index is 418. The minimum absolute atomic E-state index is 0.0498. The maximum Gasteiger partial charge on any atom is 0.315 e. The Kier molecular flexibility index (Phi) is 3.08. The summed E-state index contributed by atoms with van der Waals surface area (Å²) in [6.45, 7) is 0. The number of rotatable bonds is 1. The fraction of sp³-hybridized carbons (Fsp3) is 0.100. The molecule has 1 aromatic carbocycles. The van der Waals surface area contributed by atoms with Gasteiger partial charge in [-0.05, 0) is 18.2 Å². The number of aliphatic carboxylic acids is 1. The molecule has 0 atom stereocenters. The van der Waals surface area contributed by atoms with Crippen molar-refractivity contribution in [2.24, 2.45) is 0 Å². The van der Waals surface area contributed by atoms with Gasteiger partial charge in [-0.3, -0.25) is 4.79 Å². The van der Waals surface area contributed by atoms with Crippen LogP contribution >= 0.6 is 0 Å². The number of halogens is 1. The van der Waals surface area contributed by atoms with Crippen LogP contribution in [0.25, 0.3) is 0 Å². The van der Waals surface area contributed by atoms with E-state index in [1.165, 1.54) is 18.2 Å². The molecule has 0 heterocycles. The second-order valence-corrected chi connectivity index (χ2v) is 2.61. The van der Waals surface area contributed by atoms with Gasteiger partial charge in [0.1, 0.15) is 12.2 Å². The fourth-order valence-electron chi connectivity index (χ4n) is 0.827. The van der Waals surface area contributed by atoms with Crippen LogP contribution in [0.1, 0.15) is 12.0 Å². The van der Waals surface area contributed by atoms with Gasteiger partial charge in [-0.1, -0.05) is 11.8 Å². The molecule has 3 N–H and O–H groups in total. The minimum Gasteiger partial charge on any atom is -0.481 e. The topological polar surface area (TPSA) is 63.3 Å². The first kappa shape index (κ1) is 10.1. The normalized spacial score (nSPS) is 8.93. The fourth-order valence-corrected chi connectivity index (χ4v) is 0.827. The molecule has 0 aliphatic carbocycles. The van der Waals surface area contributed by atoms with Gasteiger partial charge in [0.25, 0.3) is 0 Å². The van der Waals surface area contributed by atoms with Gasteiger partial charge >= 0.3 is 5.97 Å². The zero-order chi connectivity index (χ0) is 10.6. The Morgan fingerprint density at radius 3 is 2.86 bits per heavy atom. The molecule has 3 nitrogen and oxygen atoms in total. The van der Waals surface area contributed by atoms with Crippen LogP contribution in [0.15, 0.2) is 18.2 Å². The van der Waals surface area contributed by atoms with Gasteiger partial charge in [-0.25, -0.2) is 4.39 Å². The molecule has 0 aliphatic rings. The summed E-state index contributed by atoms with van der Waals surface area (Å²) in [6, 6.07) is 4.09. The van der Waals surface area contributed by atoms with Crippen LogP contribution in [0, 0.1) is 17.7 Å². The zero-order valence-corrected chi connectivity index (χ0v) is 7.25. The Balaban J connectivity index is 2.81. The molecule has 0 bridgehead atoms. The monoisotopic (exact) mass is 193 g/mol. The summed E-state index contributed by atoms with van der Waals surface area (Å²) in [7, 11) is 0. The van der Waals surface area contributed by atoms with E-state index in [1.807, 2.05) is 0 Å². The van der Waals surface area contributed by atoms with E-state index < -0.39 is 11.8 Å². The van der Waals surface area contributed by atoms with Gasteiger partial charge in [0.2, 0.25) is 0 Å². The summed E-state index contributed by atoms with van der Waals surface area (Å²) in [5.74, 6) is 3.35. The lowest BCUT2D eigenvalue weighted by Crippen LogP contribution is -1.91. The summed E-state index contributed by atoms with van der Waals surface area (Å²) in [4.78, 5) is 10.1. The van der Waals surface area contributed by atoms with E-state index in [4.69, 9.17) is 10.8 Å². The quantitative estimate of drug-likeness (QED) is 0.521. The number of nitrogen functional groups attached to an aromatic ring is 1. The Hall–Kier alpha value is -2.02. The van der Waals surface area contributed by atoms with Crippen molar-refractivity contribution in [3.8, 4) is 11.8 Å². The Morgan fingerprint density at radius 2 is 2.29 bits per heavy atom. The number of hydrogen-bond acceptors (Lipinski definition) is 2. The molecule has 0 fully saturated rings. The highest BCUT2D eigenvalue weighted by Crippen LogP contribution is 2.10. The maximum atomic E-state index is 12.9. The van der Waals surface area contributed by atoms with Gasteiger partial charge in [0, 0.05) is 5.56 Å². The molecule has 1 rings (SSSR count). The third-order valence-electron chi connectivity index (χ3n) is 1.47. The number of carboxylic acid groups (broad SMARTS) is 1. The lowest BCUT2D eigenvalue weighted by molar-refractivity contribution is -0.135. The molecule has 0 radical (unpaired) electrons. The molecular formula is C10H8FNO2. The molecule has 0 unspecified atom stereocenters. The highest BCUT2D eigenvalue weighted by atomic mass is 19.1. The molecular weight excluding hydrogens is 185 g/mol. The number of carboxylic acids is 1. The zero-order valence-electron chi connectivity index (χ0n) is 7.25.